The van der Waals surface area contributed by atoms with Gasteiger partial charge in [-0.1, -0.05) is 12.1 Å². The van der Waals surface area contributed by atoms with Gasteiger partial charge in [0.1, 0.15) is 5.75 Å². The summed E-state index contributed by atoms with van der Waals surface area (Å²) in [7, 11) is 0. The van der Waals surface area contributed by atoms with Crippen molar-refractivity contribution in [2.45, 2.75) is 25.8 Å². The molecule has 1 aliphatic carbocycles. The number of esters is 1. The van der Waals surface area contributed by atoms with Crippen molar-refractivity contribution in [3.8, 4) is 5.75 Å². The molecule has 0 unspecified atom stereocenters. The fraction of sp³-hybridized carbons (Fsp3) is 0.562. The number of hydrogen-bond donors (Lipinski definition) is 1. The van der Waals surface area contributed by atoms with Crippen molar-refractivity contribution in [3.63, 3.8) is 0 Å². The predicted molar refractivity (Wildman–Crippen MR) is 77.7 cm³/mol. The minimum absolute atomic E-state index is 0.257. The molecule has 2 aliphatic rings. The van der Waals surface area contributed by atoms with Gasteiger partial charge in [0.2, 0.25) is 0 Å². The Bertz CT molecular complexity index is 479. The topological polar surface area (TPSA) is 41.6 Å². The highest BCUT2D eigenvalue weighted by atomic mass is 16.5. The molecule has 4 heteroatoms. The molecule has 1 aliphatic heterocycles. The molecule has 1 saturated carbocycles. The van der Waals surface area contributed by atoms with Crippen molar-refractivity contribution in [2.75, 3.05) is 26.2 Å². The molecule has 1 aromatic rings. The zero-order chi connectivity index (χ0) is 13.9. The first kappa shape index (κ1) is 13.6. The van der Waals surface area contributed by atoms with Crippen LogP contribution in [0.5, 0.6) is 5.75 Å². The summed E-state index contributed by atoms with van der Waals surface area (Å²) in [4.78, 5) is 13.7. The van der Waals surface area contributed by atoms with Crippen molar-refractivity contribution < 1.29 is 9.53 Å². The molecule has 1 saturated heterocycles. The Morgan fingerprint density at radius 3 is 2.75 bits per heavy atom. The van der Waals surface area contributed by atoms with Crippen molar-refractivity contribution >= 4 is 5.97 Å². The Kier molecular flexibility index (Phi) is 4.03. The Morgan fingerprint density at radius 1 is 1.35 bits per heavy atom. The van der Waals surface area contributed by atoms with Gasteiger partial charge >= 0.3 is 5.97 Å². The Morgan fingerprint density at radius 2 is 2.10 bits per heavy atom. The van der Waals surface area contributed by atoms with Crippen LogP contribution in [0.2, 0.25) is 0 Å². The van der Waals surface area contributed by atoms with E-state index < -0.39 is 0 Å². The van der Waals surface area contributed by atoms with Crippen LogP contribution in [-0.4, -0.2) is 37.0 Å². The van der Waals surface area contributed by atoms with E-state index in [0.29, 0.717) is 11.8 Å². The molecule has 1 aromatic carbocycles. The maximum absolute atomic E-state index is 11.1. The SMILES string of the molecule is CC(=O)Oc1cccc([C@H](C2CC2)N2CCNCC2)c1. The second kappa shape index (κ2) is 5.94. The van der Waals surface area contributed by atoms with Crippen LogP contribution >= 0.6 is 0 Å². The third kappa shape index (κ3) is 3.19. The lowest BCUT2D eigenvalue weighted by atomic mass is 9.99. The number of hydrogen-bond acceptors (Lipinski definition) is 4. The lowest BCUT2D eigenvalue weighted by molar-refractivity contribution is -0.131. The fourth-order valence-electron chi connectivity index (χ4n) is 3.08. The number of nitrogens with one attached hydrogen (secondary N) is 1. The summed E-state index contributed by atoms with van der Waals surface area (Å²) >= 11 is 0. The first-order chi connectivity index (χ1) is 9.74. The molecule has 3 rings (SSSR count). The van der Waals surface area contributed by atoms with E-state index in [1.165, 1.54) is 25.3 Å². The Hall–Kier alpha value is -1.39. The summed E-state index contributed by atoms with van der Waals surface area (Å²) in [6, 6.07) is 8.52. The molecule has 0 bridgehead atoms. The van der Waals surface area contributed by atoms with Gasteiger partial charge in [-0.25, -0.2) is 0 Å². The third-order valence-electron chi connectivity index (χ3n) is 4.07. The molecule has 20 heavy (non-hydrogen) atoms. The predicted octanol–water partition coefficient (Wildman–Crippen LogP) is 1.97. The number of benzene rings is 1. The molecule has 2 fully saturated rings. The van der Waals surface area contributed by atoms with E-state index in [1.54, 1.807) is 0 Å². The minimum Gasteiger partial charge on any atom is -0.427 e. The van der Waals surface area contributed by atoms with Gasteiger partial charge in [0.15, 0.2) is 0 Å². The van der Waals surface area contributed by atoms with Crippen molar-refractivity contribution in [1.29, 1.82) is 0 Å². The number of rotatable bonds is 4. The largest absolute Gasteiger partial charge is 0.427 e. The zero-order valence-electron chi connectivity index (χ0n) is 12.0. The highest BCUT2D eigenvalue weighted by molar-refractivity contribution is 5.69. The second-order valence-corrected chi connectivity index (χ2v) is 5.73. The molecule has 1 atom stereocenters. The first-order valence-electron chi connectivity index (χ1n) is 7.47. The van der Waals surface area contributed by atoms with Gasteiger partial charge in [-0.05, 0) is 36.5 Å². The number of carbonyl (C=O) groups excluding carboxylic acids is 1. The van der Waals surface area contributed by atoms with E-state index in [2.05, 4.69) is 16.3 Å². The standard InChI is InChI=1S/C16H22N2O2/c1-12(19)20-15-4-2-3-14(11-15)16(13-5-6-13)18-9-7-17-8-10-18/h2-4,11,13,16-17H,5-10H2,1H3/t16-/m0/s1. The van der Waals surface area contributed by atoms with Crippen LogP contribution in [0.1, 0.15) is 31.4 Å². The maximum atomic E-state index is 11.1. The van der Waals surface area contributed by atoms with Crippen molar-refractivity contribution in [3.05, 3.63) is 29.8 Å². The van der Waals surface area contributed by atoms with Gasteiger partial charge in [-0.3, -0.25) is 9.69 Å². The monoisotopic (exact) mass is 274 g/mol. The summed E-state index contributed by atoms with van der Waals surface area (Å²) in [5.41, 5.74) is 1.29. The highest BCUT2D eigenvalue weighted by Crippen LogP contribution is 2.45. The summed E-state index contributed by atoms with van der Waals surface area (Å²) in [6.07, 6.45) is 2.62. The van der Waals surface area contributed by atoms with E-state index >= 15 is 0 Å². The van der Waals surface area contributed by atoms with Crippen LogP contribution in [0, 0.1) is 5.92 Å². The Labute approximate surface area is 120 Å². The van der Waals surface area contributed by atoms with Gasteiger partial charge in [0.25, 0.3) is 0 Å². The van der Waals surface area contributed by atoms with Crippen LogP contribution < -0.4 is 10.1 Å². The molecule has 108 valence electrons. The van der Waals surface area contributed by atoms with Crippen LogP contribution in [0.15, 0.2) is 24.3 Å². The van der Waals surface area contributed by atoms with E-state index in [9.17, 15) is 4.79 Å². The quantitative estimate of drug-likeness (QED) is 0.673. The lowest BCUT2D eigenvalue weighted by Crippen LogP contribution is -2.45. The normalized spacial score (nSPS) is 21.4. The molecule has 1 N–H and O–H groups in total. The molecule has 1 heterocycles. The molecule has 4 nitrogen and oxygen atoms in total. The van der Waals surface area contributed by atoms with Gasteiger partial charge in [-0.15, -0.1) is 0 Å². The van der Waals surface area contributed by atoms with Crippen LogP contribution in [0.4, 0.5) is 0 Å². The van der Waals surface area contributed by atoms with Crippen LogP contribution in [0.25, 0.3) is 0 Å². The number of nitrogens with zero attached hydrogens (tertiary/aromatic N) is 1. The van der Waals surface area contributed by atoms with Gasteiger partial charge in [-0.2, -0.15) is 0 Å². The molecule has 0 amide bonds. The number of carbonyl (C=O) groups is 1. The van der Waals surface area contributed by atoms with Crippen molar-refractivity contribution in [2.24, 2.45) is 5.92 Å². The summed E-state index contributed by atoms with van der Waals surface area (Å²) in [5, 5.41) is 3.41. The fourth-order valence-corrected chi connectivity index (χ4v) is 3.08. The van der Waals surface area contributed by atoms with Crippen LogP contribution in [-0.2, 0) is 4.79 Å². The third-order valence-corrected chi connectivity index (χ3v) is 4.07. The molecular weight excluding hydrogens is 252 g/mol. The Balaban J connectivity index is 1.81. The summed E-state index contributed by atoms with van der Waals surface area (Å²) in [6.45, 7) is 5.76. The minimum atomic E-state index is -0.257. The molecular formula is C16H22N2O2. The van der Waals surface area contributed by atoms with Crippen molar-refractivity contribution in [1.82, 2.24) is 10.2 Å². The van der Waals surface area contributed by atoms with E-state index in [-0.39, 0.29) is 5.97 Å². The van der Waals surface area contributed by atoms with Gasteiger partial charge < -0.3 is 10.1 Å². The lowest BCUT2D eigenvalue weighted by Gasteiger charge is -2.35. The molecule has 0 aromatic heterocycles. The van der Waals surface area contributed by atoms with Gasteiger partial charge in [0.05, 0.1) is 0 Å². The average Bonchev–Trinajstić information content (AvgIpc) is 3.25. The van der Waals surface area contributed by atoms with Gasteiger partial charge in [0, 0.05) is 39.1 Å². The smallest absolute Gasteiger partial charge is 0.308 e. The number of piperazine rings is 1. The first-order valence-corrected chi connectivity index (χ1v) is 7.47. The number of ether oxygens (including phenoxy) is 1. The molecule has 0 spiro atoms. The second-order valence-electron chi connectivity index (χ2n) is 5.73. The summed E-state index contributed by atoms with van der Waals surface area (Å²) < 4.78 is 5.22. The van der Waals surface area contributed by atoms with Crippen LogP contribution in [0.3, 0.4) is 0 Å². The average molecular weight is 274 g/mol. The van der Waals surface area contributed by atoms with E-state index in [4.69, 9.17) is 4.74 Å². The van der Waals surface area contributed by atoms with E-state index in [1.807, 2.05) is 18.2 Å². The van der Waals surface area contributed by atoms with E-state index in [0.717, 1.165) is 32.1 Å². The summed E-state index contributed by atoms with van der Waals surface area (Å²) in [5.74, 6) is 1.17. The maximum Gasteiger partial charge on any atom is 0.308 e. The highest BCUT2D eigenvalue weighted by Gasteiger charge is 2.36. The zero-order valence-corrected chi connectivity index (χ0v) is 12.0. The molecule has 0 radical (unpaired) electrons.